The Hall–Kier alpha value is -0.120. The molecule has 1 aliphatic rings. The monoisotopic (exact) mass is 271 g/mol. The summed E-state index contributed by atoms with van der Waals surface area (Å²) in [5.74, 6) is 0.933. The van der Waals surface area contributed by atoms with Crippen LogP contribution >= 0.6 is 0 Å². The smallest absolute Gasteiger partial charge is 0.0806 e. The highest BCUT2D eigenvalue weighted by atomic mass is 16.5. The molecule has 0 aliphatic heterocycles. The van der Waals surface area contributed by atoms with Crippen LogP contribution in [0.15, 0.2) is 0 Å². The van der Waals surface area contributed by atoms with Crippen molar-refractivity contribution in [2.24, 2.45) is 5.92 Å². The van der Waals surface area contributed by atoms with E-state index in [0.29, 0.717) is 0 Å². The van der Waals surface area contributed by atoms with Gasteiger partial charge in [0.25, 0.3) is 0 Å². The maximum atomic E-state index is 6.26. The standard InChI is InChI=1S/C16H33NO2/c1-4-7-15-8-10-16(11-9-15,14-17-5-2)19-13-6-12-18-3/h15,17H,4-14H2,1-3H3. The van der Waals surface area contributed by atoms with E-state index in [1.807, 2.05) is 0 Å². The molecule has 1 aliphatic carbocycles. The summed E-state index contributed by atoms with van der Waals surface area (Å²) in [6.07, 6.45) is 8.83. The molecular formula is C16H33NO2. The van der Waals surface area contributed by atoms with Crippen LogP contribution in [0.25, 0.3) is 0 Å². The van der Waals surface area contributed by atoms with Crippen molar-refractivity contribution in [3.05, 3.63) is 0 Å². The second-order valence-electron chi connectivity index (χ2n) is 5.89. The molecule has 1 fully saturated rings. The molecule has 0 amide bonds. The molecule has 0 spiro atoms. The fourth-order valence-electron chi connectivity index (χ4n) is 3.12. The van der Waals surface area contributed by atoms with E-state index in [1.54, 1.807) is 7.11 Å². The van der Waals surface area contributed by atoms with Gasteiger partial charge < -0.3 is 14.8 Å². The molecule has 0 aromatic carbocycles. The first kappa shape index (κ1) is 16.9. The van der Waals surface area contributed by atoms with Crippen LogP contribution in [0, 0.1) is 5.92 Å². The summed E-state index contributed by atoms with van der Waals surface area (Å²) in [6.45, 7) is 8.13. The predicted octanol–water partition coefficient (Wildman–Crippen LogP) is 3.38. The first-order chi connectivity index (χ1) is 9.26. The molecule has 0 heterocycles. The Bertz CT molecular complexity index is 207. The van der Waals surface area contributed by atoms with Gasteiger partial charge in [0, 0.05) is 26.9 Å². The fraction of sp³-hybridized carbons (Fsp3) is 1.00. The minimum atomic E-state index is 0.0913. The number of hydrogen-bond acceptors (Lipinski definition) is 3. The summed E-state index contributed by atoms with van der Waals surface area (Å²) in [4.78, 5) is 0. The van der Waals surface area contributed by atoms with E-state index in [-0.39, 0.29) is 5.60 Å². The second-order valence-corrected chi connectivity index (χ2v) is 5.89. The Balaban J connectivity index is 2.38. The Morgan fingerprint density at radius 2 is 1.89 bits per heavy atom. The minimum absolute atomic E-state index is 0.0913. The zero-order valence-corrected chi connectivity index (χ0v) is 13.2. The van der Waals surface area contributed by atoms with Gasteiger partial charge in [0.2, 0.25) is 0 Å². The lowest BCUT2D eigenvalue weighted by Gasteiger charge is -2.40. The van der Waals surface area contributed by atoms with E-state index in [1.165, 1.54) is 38.5 Å². The van der Waals surface area contributed by atoms with Gasteiger partial charge in [-0.05, 0) is 44.6 Å². The lowest BCUT2D eigenvalue weighted by Crippen LogP contribution is -2.46. The lowest BCUT2D eigenvalue weighted by atomic mass is 9.77. The van der Waals surface area contributed by atoms with Crippen LogP contribution in [-0.2, 0) is 9.47 Å². The van der Waals surface area contributed by atoms with Crippen molar-refractivity contribution >= 4 is 0 Å². The second kappa shape index (κ2) is 9.73. The van der Waals surface area contributed by atoms with E-state index in [4.69, 9.17) is 9.47 Å². The highest BCUT2D eigenvalue weighted by Crippen LogP contribution is 2.36. The van der Waals surface area contributed by atoms with E-state index in [9.17, 15) is 0 Å². The van der Waals surface area contributed by atoms with Crippen LogP contribution in [0.5, 0.6) is 0 Å². The highest BCUT2D eigenvalue weighted by molar-refractivity contribution is 4.89. The normalized spacial score (nSPS) is 27.6. The molecule has 0 aromatic heterocycles. The Morgan fingerprint density at radius 1 is 1.16 bits per heavy atom. The molecule has 1 N–H and O–H groups in total. The SMILES string of the molecule is CCCC1CCC(CNCC)(OCCCOC)CC1. The van der Waals surface area contributed by atoms with Crippen LogP contribution in [-0.4, -0.2) is 39.0 Å². The van der Waals surface area contributed by atoms with Gasteiger partial charge in [-0.25, -0.2) is 0 Å². The molecule has 0 saturated heterocycles. The van der Waals surface area contributed by atoms with Crippen LogP contribution in [0.2, 0.25) is 0 Å². The summed E-state index contributed by atoms with van der Waals surface area (Å²) >= 11 is 0. The van der Waals surface area contributed by atoms with Crippen molar-refractivity contribution in [2.45, 2.75) is 64.4 Å². The number of likely N-dealkylation sites (N-methyl/N-ethyl adjacent to an activating group) is 1. The molecule has 114 valence electrons. The van der Waals surface area contributed by atoms with Crippen molar-refractivity contribution in [1.29, 1.82) is 0 Å². The summed E-state index contributed by atoms with van der Waals surface area (Å²) in [5.41, 5.74) is 0.0913. The molecule has 0 unspecified atom stereocenters. The van der Waals surface area contributed by atoms with Crippen LogP contribution < -0.4 is 5.32 Å². The quantitative estimate of drug-likeness (QED) is 0.618. The van der Waals surface area contributed by atoms with Crippen LogP contribution in [0.4, 0.5) is 0 Å². The van der Waals surface area contributed by atoms with Gasteiger partial charge in [-0.1, -0.05) is 26.7 Å². The molecule has 19 heavy (non-hydrogen) atoms. The molecule has 3 heteroatoms. The van der Waals surface area contributed by atoms with E-state index in [2.05, 4.69) is 19.2 Å². The Labute approximate surface area is 119 Å². The Kier molecular flexibility index (Phi) is 8.67. The molecular weight excluding hydrogens is 238 g/mol. The maximum Gasteiger partial charge on any atom is 0.0806 e. The largest absolute Gasteiger partial charge is 0.385 e. The zero-order chi connectivity index (χ0) is 14.0. The topological polar surface area (TPSA) is 30.5 Å². The first-order valence-corrected chi connectivity index (χ1v) is 8.10. The summed E-state index contributed by atoms with van der Waals surface area (Å²) in [6, 6.07) is 0. The summed E-state index contributed by atoms with van der Waals surface area (Å²) < 4.78 is 11.4. The first-order valence-electron chi connectivity index (χ1n) is 8.10. The van der Waals surface area contributed by atoms with E-state index < -0.39 is 0 Å². The average molecular weight is 271 g/mol. The predicted molar refractivity (Wildman–Crippen MR) is 80.6 cm³/mol. The van der Waals surface area contributed by atoms with Gasteiger partial charge in [0.15, 0.2) is 0 Å². The minimum Gasteiger partial charge on any atom is -0.385 e. The number of ether oxygens (including phenoxy) is 2. The average Bonchev–Trinajstić information content (AvgIpc) is 2.44. The third-order valence-electron chi connectivity index (χ3n) is 4.31. The molecule has 0 atom stereocenters. The van der Waals surface area contributed by atoms with Crippen molar-refractivity contribution in [3.8, 4) is 0 Å². The fourth-order valence-corrected chi connectivity index (χ4v) is 3.12. The molecule has 1 rings (SSSR count). The van der Waals surface area contributed by atoms with Crippen LogP contribution in [0.3, 0.4) is 0 Å². The molecule has 0 radical (unpaired) electrons. The Morgan fingerprint density at radius 3 is 2.47 bits per heavy atom. The van der Waals surface area contributed by atoms with Crippen molar-refractivity contribution < 1.29 is 9.47 Å². The van der Waals surface area contributed by atoms with Gasteiger partial charge in [-0.15, -0.1) is 0 Å². The molecule has 1 saturated carbocycles. The van der Waals surface area contributed by atoms with Crippen molar-refractivity contribution in [3.63, 3.8) is 0 Å². The number of nitrogens with one attached hydrogen (secondary N) is 1. The molecule has 3 nitrogen and oxygen atoms in total. The molecule has 0 bridgehead atoms. The third kappa shape index (κ3) is 6.24. The maximum absolute atomic E-state index is 6.26. The number of methoxy groups -OCH3 is 1. The van der Waals surface area contributed by atoms with Gasteiger partial charge in [0.1, 0.15) is 0 Å². The van der Waals surface area contributed by atoms with Crippen LogP contribution in [0.1, 0.15) is 58.8 Å². The number of hydrogen-bond donors (Lipinski definition) is 1. The van der Waals surface area contributed by atoms with Gasteiger partial charge in [-0.3, -0.25) is 0 Å². The van der Waals surface area contributed by atoms with Gasteiger partial charge in [0.05, 0.1) is 5.60 Å². The zero-order valence-electron chi connectivity index (χ0n) is 13.2. The van der Waals surface area contributed by atoms with Crippen molar-refractivity contribution in [1.82, 2.24) is 5.32 Å². The highest BCUT2D eigenvalue weighted by Gasteiger charge is 2.35. The third-order valence-corrected chi connectivity index (χ3v) is 4.31. The van der Waals surface area contributed by atoms with Gasteiger partial charge >= 0.3 is 0 Å². The molecule has 0 aromatic rings. The van der Waals surface area contributed by atoms with Gasteiger partial charge in [-0.2, -0.15) is 0 Å². The summed E-state index contributed by atoms with van der Waals surface area (Å²) in [7, 11) is 1.75. The van der Waals surface area contributed by atoms with E-state index >= 15 is 0 Å². The lowest BCUT2D eigenvalue weighted by molar-refractivity contribution is -0.0805. The van der Waals surface area contributed by atoms with E-state index in [0.717, 1.165) is 38.6 Å². The summed E-state index contributed by atoms with van der Waals surface area (Å²) in [5, 5.41) is 3.49. The van der Waals surface area contributed by atoms with Crippen molar-refractivity contribution in [2.75, 3.05) is 33.4 Å². The number of rotatable bonds is 10.